The van der Waals surface area contributed by atoms with Gasteiger partial charge in [-0.05, 0) is 38.1 Å². The lowest BCUT2D eigenvalue weighted by molar-refractivity contribution is -0.161. The summed E-state index contributed by atoms with van der Waals surface area (Å²) in [6, 6.07) is 0.406. The Hall–Kier alpha value is -0.650. The van der Waals surface area contributed by atoms with E-state index in [0.29, 0.717) is 25.6 Å². The van der Waals surface area contributed by atoms with E-state index in [2.05, 4.69) is 25.7 Å². The Morgan fingerprint density at radius 3 is 2.59 bits per heavy atom. The minimum absolute atomic E-state index is 0.0561. The second-order valence-corrected chi connectivity index (χ2v) is 8.18. The van der Waals surface area contributed by atoms with Crippen LogP contribution in [0.4, 0.5) is 0 Å². The molecule has 0 aromatic rings. The fraction of sp³-hybridized carbons (Fsp3) is 0.941. The molecule has 0 spiro atoms. The SMILES string of the molecule is CN(CC1(O)CCCN(CC(C)(C)C)C1=O)C1CCOCC1. The van der Waals surface area contributed by atoms with E-state index < -0.39 is 5.60 Å². The van der Waals surface area contributed by atoms with Crippen LogP contribution in [0, 0.1) is 5.41 Å². The summed E-state index contributed by atoms with van der Waals surface area (Å²) in [7, 11) is 2.02. The van der Waals surface area contributed by atoms with Crippen LogP contribution in [0.3, 0.4) is 0 Å². The molecule has 2 saturated heterocycles. The molecule has 0 aromatic carbocycles. The van der Waals surface area contributed by atoms with Gasteiger partial charge in [-0.1, -0.05) is 20.8 Å². The molecule has 128 valence electrons. The summed E-state index contributed by atoms with van der Waals surface area (Å²) in [5, 5.41) is 10.9. The Kier molecular flexibility index (Phi) is 5.51. The molecule has 1 atom stereocenters. The Morgan fingerprint density at radius 1 is 1.36 bits per heavy atom. The van der Waals surface area contributed by atoms with Crippen LogP contribution >= 0.6 is 0 Å². The number of piperidine rings is 1. The molecule has 0 aromatic heterocycles. The lowest BCUT2D eigenvalue weighted by atomic mass is 9.88. The van der Waals surface area contributed by atoms with Crippen LogP contribution in [0.15, 0.2) is 0 Å². The molecule has 1 amide bonds. The van der Waals surface area contributed by atoms with Crippen molar-refractivity contribution in [3.05, 3.63) is 0 Å². The fourth-order valence-corrected chi connectivity index (χ4v) is 3.60. The summed E-state index contributed by atoms with van der Waals surface area (Å²) in [6.45, 7) is 9.83. The Balaban J connectivity index is 1.99. The molecule has 5 nitrogen and oxygen atoms in total. The van der Waals surface area contributed by atoms with Crippen molar-refractivity contribution in [3.8, 4) is 0 Å². The highest BCUT2D eigenvalue weighted by Crippen LogP contribution is 2.28. The van der Waals surface area contributed by atoms with E-state index in [1.807, 2.05) is 11.9 Å². The van der Waals surface area contributed by atoms with Gasteiger partial charge in [-0.15, -0.1) is 0 Å². The normalized spacial score (nSPS) is 28.5. The van der Waals surface area contributed by atoms with Crippen molar-refractivity contribution in [3.63, 3.8) is 0 Å². The monoisotopic (exact) mass is 312 g/mol. The van der Waals surface area contributed by atoms with E-state index in [0.717, 1.165) is 39.0 Å². The molecule has 0 bridgehead atoms. The molecule has 0 aliphatic carbocycles. The first-order valence-corrected chi connectivity index (χ1v) is 8.51. The van der Waals surface area contributed by atoms with E-state index in [-0.39, 0.29) is 11.3 Å². The fourth-order valence-electron chi connectivity index (χ4n) is 3.60. The second-order valence-electron chi connectivity index (χ2n) is 8.18. The van der Waals surface area contributed by atoms with Crippen molar-refractivity contribution < 1.29 is 14.6 Å². The molecule has 5 heteroatoms. The van der Waals surface area contributed by atoms with Gasteiger partial charge in [-0.3, -0.25) is 9.69 Å². The van der Waals surface area contributed by atoms with E-state index in [1.165, 1.54) is 0 Å². The van der Waals surface area contributed by atoms with Crippen LogP contribution in [0.5, 0.6) is 0 Å². The van der Waals surface area contributed by atoms with E-state index in [4.69, 9.17) is 4.74 Å². The maximum absolute atomic E-state index is 12.8. The molecule has 2 rings (SSSR count). The van der Waals surface area contributed by atoms with E-state index in [1.54, 1.807) is 0 Å². The summed E-state index contributed by atoms with van der Waals surface area (Å²) in [5.41, 5.74) is -1.17. The van der Waals surface area contributed by atoms with Gasteiger partial charge in [0, 0.05) is 38.9 Å². The zero-order chi connectivity index (χ0) is 16.4. The van der Waals surface area contributed by atoms with Crippen LogP contribution < -0.4 is 0 Å². The number of rotatable bonds is 4. The lowest BCUT2D eigenvalue weighted by Gasteiger charge is -2.43. The summed E-state index contributed by atoms with van der Waals surface area (Å²) in [6.07, 6.45) is 3.40. The summed E-state index contributed by atoms with van der Waals surface area (Å²) >= 11 is 0. The summed E-state index contributed by atoms with van der Waals surface area (Å²) < 4.78 is 5.39. The zero-order valence-electron chi connectivity index (χ0n) is 14.6. The molecule has 2 heterocycles. The summed E-state index contributed by atoms with van der Waals surface area (Å²) in [5.74, 6) is -0.0902. The minimum Gasteiger partial charge on any atom is -0.381 e. The molecule has 22 heavy (non-hydrogen) atoms. The number of likely N-dealkylation sites (tertiary alicyclic amines) is 1. The molecule has 2 fully saturated rings. The van der Waals surface area contributed by atoms with Gasteiger partial charge in [0.1, 0.15) is 0 Å². The predicted octanol–water partition coefficient (Wildman–Crippen LogP) is 1.50. The molecule has 2 aliphatic rings. The number of carbonyl (C=O) groups excluding carboxylic acids is 1. The van der Waals surface area contributed by atoms with Crippen molar-refractivity contribution in [2.24, 2.45) is 5.41 Å². The standard InChI is InChI=1S/C17H32N2O3/c1-16(2,3)12-19-9-5-8-17(21,15(19)20)13-18(4)14-6-10-22-11-7-14/h14,21H,5-13H2,1-4H3. The summed E-state index contributed by atoms with van der Waals surface area (Å²) in [4.78, 5) is 16.8. The van der Waals surface area contributed by atoms with Crippen molar-refractivity contribution in [1.29, 1.82) is 0 Å². The highest BCUT2D eigenvalue weighted by molar-refractivity contribution is 5.86. The van der Waals surface area contributed by atoms with Gasteiger partial charge in [-0.2, -0.15) is 0 Å². The quantitative estimate of drug-likeness (QED) is 0.855. The Bertz CT molecular complexity index is 388. The number of amides is 1. The maximum atomic E-state index is 12.8. The van der Waals surface area contributed by atoms with Crippen LogP contribution in [-0.2, 0) is 9.53 Å². The number of hydrogen-bond donors (Lipinski definition) is 1. The third-order valence-electron chi connectivity index (χ3n) is 4.69. The molecular weight excluding hydrogens is 280 g/mol. The minimum atomic E-state index is -1.23. The molecule has 1 unspecified atom stereocenters. The first-order valence-electron chi connectivity index (χ1n) is 8.51. The molecule has 0 radical (unpaired) electrons. The smallest absolute Gasteiger partial charge is 0.255 e. The number of likely N-dealkylation sites (N-methyl/N-ethyl adjacent to an activating group) is 1. The third kappa shape index (κ3) is 4.43. The predicted molar refractivity (Wildman–Crippen MR) is 86.7 cm³/mol. The van der Waals surface area contributed by atoms with Gasteiger partial charge < -0.3 is 14.7 Å². The molecule has 2 aliphatic heterocycles. The maximum Gasteiger partial charge on any atom is 0.255 e. The van der Waals surface area contributed by atoms with Gasteiger partial charge in [0.25, 0.3) is 5.91 Å². The average molecular weight is 312 g/mol. The number of ether oxygens (including phenoxy) is 1. The second kappa shape index (κ2) is 6.85. The molecule has 1 N–H and O–H groups in total. The van der Waals surface area contributed by atoms with Crippen molar-refractivity contribution >= 4 is 5.91 Å². The van der Waals surface area contributed by atoms with Crippen LogP contribution in [0.1, 0.15) is 46.5 Å². The van der Waals surface area contributed by atoms with Crippen molar-refractivity contribution in [2.45, 2.75) is 58.1 Å². The zero-order valence-corrected chi connectivity index (χ0v) is 14.6. The topological polar surface area (TPSA) is 53.0 Å². The number of hydrogen-bond acceptors (Lipinski definition) is 4. The Morgan fingerprint density at radius 2 is 2.00 bits per heavy atom. The van der Waals surface area contributed by atoms with Gasteiger partial charge in [-0.25, -0.2) is 0 Å². The molecular formula is C17H32N2O3. The van der Waals surface area contributed by atoms with Gasteiger partial charge in [0.15, 0.2) is 5.60 Å². The first-order chi connectivity index (χ1) is 10.2. The number of nitrogens with zero attached hydrogens (tertiary/aromatic N) is 2. The third-order valence-corrected chi connectivity index (χ3v) is 4.69. The Labute approximate surface area is 134 Å². The lowest BCUT2D eigenvalue weighted by Crippen LogP contribution is -2.60. The van der Waals surface area contributed by atoms with Crippen LogP contribution in [0.2, 0.25) is 0 Å². The first kappa shape index (κ1) is 17.7. The number of carbonyl (C=O) groups is 1. The van der Waals surface area contributed by atoms with Gasteiger partial charge in [0.05, 0.1) is 0 Å². The molecule has 0 saturated carbocycles. The average Bonchev–Trinajstić information content (AvgIpc) is 2.44. The van der Waals surface area contributed by atoms with E-state index >= 15 is 0 Å². The highest BCUT2D eigenvalue weighted by atomic mass is 16.5. The van der Waals surface area contributed by atoms with Gasteiger partial charge >= 0.3 is 0 Å². The largest absolute Gasteiger partial charge is 0.381 e. The highest BCUT2D eigenvalue weighted by Gasteiger charge is 2.44. The van der Waals surface area contributed by atoms with E-state index in [9.17, 15) is 9.90 Å². The van der Waals surface area contributed by atoms with Crippen molar-refractivity contribution in [2.75, 3.05) is 39.9 Å². The van der Waals surface area contributed by atoms with Crippen LogP contribution in [-0.4, -0.2) is 72.4 Å². The van der Waals surface area contributed by atoms with Crippen molar-refractivity contribution in [1.82, 2.24) is 9.80 Å². The number of aliphatic hydroxyl groups is 1. The van der Waals surface area contributed by atoms with Gasteiger partial charge in [0.2, 0.25) is 0 Å². The van der Waals surface area contributed by atoms with Crippen LogP contribution in [0.25, 0.3) is 0 Å².